The van der Waals surface area contributed by atoms with Crippen molar-refractivity contribution in [2.75, 3.05) is 6.61 Å². The third-order valence-electron chi connectivity index (χ3n) is 4.15. The van der Waals surface area contributed by atoms with Gasteiger partial charge in [0, 0.05) is 21.6 Å². The summed E-state index contributed by atoms with van der Waals surface area (Å²) in [6, 6.07) is 11.7. The molecule has 0 aliphatic rings. The molecule has 0 aliphatic carbocycles. The van der Waals surface area contributed by atoms with Crippen molar-refractivity contribution < 1.29 is 14.3 Å². The van der Waals surface area contributed by atoms with Gasteiger partial charge in [-0.2, -0.15) is 0 Å². The number of carbonyl (C=O) groups excluding carboxylic acids is 2. The van der Waals surface area contributed by atoms with Crippen LogP contribution in [0.4, 0.5) is 0 Å². The molecule has 0 aliphatic heterocycles. The molecular formula is C22H25BrCl2N2O3. The van der Waals surface area contributed by atoms with E-state index in [-0.39, 0.29) is 25.0 Å². The molecule has 0 aromatic heterocycles. The molecule has 5 nitrogen and oxygen atoms in total. The SMILES string of the molecule is C[C@@H](C(=O)NC(C)(C)C)N(Cc1cccc(Br)c1)C(=O)COc1ccc(Cl)cc1Cl. The topological polar surface area (TPSA) is 58.6 Å². The Bertz CT molecular complexity index is 915. The maximum Gasteiger partial charge on any atom is 0.261 e. The Labute approximate surface area is 195 Å². The Morgan fingerprint density at radius 3 is 2.47 bits per heavy atom. The Morgan fingerprint density at radius 1 is 1.17 bits per heavy atom. The Balaban J connectivity index is 2.20. The zero-order chi connectivity index (χ0) is 22.5. The minimum absolute atomic E-state index is 0.240. The van der Waals surface area contributed by atoms with Gasteiger partial charge in [-0.05, 0) is 63.6 Å². The van der Waals surface area contributed by atoms with E-state index >= 15 is 0 Å². The molecule has 2 rings (SSSR count). The van der Waals surface area contributed by atoms with Crippen LogP contribution in [-0.4, -0.2) is 34.9 Å². The molecule has 0 saturated heterocycles. The lowest BCUT2D eigenvalue weighted by Gasteiger charge is -2.31. The number of nitrogens with one attached hydrogen (secondary N) is 1. The summed E-state index contributed by atoms with van der Waals surface area (Å²) < 4.78 is 6.50. The van der Waals surface area contributed by atoms with E-state index in [1.165, 1.54) is 4.90 Å². The van der Waals surface area contributed by atoms with Gasteiger partial charge in [0.05, 0.1) is 5.02 Å². The number of hydrogen-bond acceptors (Lipinski definition) is 3. The van der Waals surface area contributed by atoms with E-state index in [4.69, 9.17) is 27.9 Å². The van der Waals surface area contributed by atoms with Gasteiger partial charge in [0.2, 0.25) is 5.91 Å². The van der Waals surface area contributed by atoms with Gasteiger partial charge in [0.1, 0.15) is 11.8 Å². The summed E-state index contributed by atoms with van der Waals surface area (Å²) in [6.07, 6.45) is 0. The van der Waals surface area contributed by atoms with E-state index in [2.05, 4.69) is 21.2 Å². The van der Waals surface area contributed by atoms with Gasteiger partial charge in [-0.15, -0.1) is 0 Å². The number of rotatable bonds is 7. The molecule has 2 aromatic rings. The van der Waals surface area contributed by atoms with Gasteiger partial charge in [-0.3, -0.25) is 9.59 Å². The van der Waals surface area contributed by atoms with Crippen LogP contribution in [-0.2, 0) is 16.1 Å². The van der Waals surface area contributed by atoms with Gasteiger partial charge in [-0.1, -0.05) is 51.3 Å². The van der Waals surface area contributed by atoms with E-state index in [1.807, 2.05) is 45.0 Å². The van der Waals surface area contributed by atoms with E-state index in [0.717, 1.165) is 10.0 Å². The Hall–Kier alpha value is -1.76. The van der Waals surface area contributed by atoms with Crippen LogP contribution in [0, 0.1) is 0 Å². The van der Waals surface area contributed by atoms with Crippen molar-refractivity contribution in [2.45, 2.75) is 45.8 Å². The summed E-state index contributed by atoms with van der Waals surface area (Å²) in [7, 11) is 0. The first-order valence-corrected chi connectivity index (χ1v) is 10.9. The molecule has 162 valence electrons. The van der Waals surface area contributed by atoms with E-state index < -0.39 is 11.6 Å². The number of hydrogen-bond donors (Lipinski definition) is 1. The standard InChI is InChI=1S/C22H25BrCl2N2O3/c1-14(21(29)26-22(2,3)4)27(12-15-6-5-7-16(23)10-15)20(28)13-30-19-9-8-17(24)11-18(19)25/h5-11,14H,12-13H2,1-4H3,(H,26,29)/t14-/m0/s1. The van der Waals surface area contributed by atoms with Crippen molar-refractivity contribution in [2.24, 2.45) is 0 Å². The second kappa shape index (κ2) is 10.5. The van der Waals surface area contributed by atoms with Crippen LogP contribution in [0.1, 0.15) is 33.3 Å². The van der Waals surface area contributed by atoms with Crippen LogP contribution in [0.5, 0.6) is 5.75 Å². The second-order valence-corrected chi connectivity index (χ2v) is 9.69. The molecule has 2 aromatic carbocycles. The van der Waals surface area contributed by atoms with Crippen molar-refractivity contribution in [1.29, 1.82) is 0 Å². The third-order valence-corrected chi connectivity index (χ3v) is 5.18. The molecule has 1 atom stereocenters. The highest BCUT2D eigenvalue weighted by Gasteiger charge is 2.28. The molecule has 2 amide bonds. The molecule has 0 heterocycles. The zero-order valence-electron chi connectivity index (χ0n) is 17.3. The monoisotopic (exact) mass is 514 g/mol. The van der Waals surface area contributed by atoms with Crippen molar-refractivity contribution in [3.63, 3.8) is 0 Å². The highest BCUT2D eigenvalue weighted by atomic mass is 79.9. The fourth-order valence-corrected chi connectivity index (χ4v) is 3.61. The maximum atomic E-state index is 13.0. The van der Waals surface area contributed by atoms with E-state index in [0.29, 0.717) is 15.8 Å². The van der Waals surface area contributed by atoms with Gasteiger partial charge in [-0.25, -0.2) is 0 Å². The number of benzene rings is 2. The summed E-state index contributed by atoms with van der Waals surface area (Å²) in [6.45, 7) is 7.38. The minimum Gasteiger partial charge on any atom is -0.482 e. The first-order valence-electron chi connectivity index (χ1n) is 9.40. The summed E-state index contributed by atoms with van der Waals surface area (Å²) in [5.41, 5.74) is 0.473. The lowest BCUT2D eigenvalue weighted by molar-refractivity contribution is -0.142. The normalized spacial score (nSPS) is 12.2. The summed E-state index contributed by atoms with van der Waals surface area (Å²) in [4.78, 5) is 27.3. The molecule has 8 heteroatoms. The predicted octanol–water partition coefficient (Wildman–Crippen LogP) is 5.47. The Morgan fingerprint density at radius 2 is 1.87 bits per heavy atom. The first kappa shape index (κ1) is 24.5. The largest absolute Gasteiger partial charge is 0.482 e. The molecule has 0 radical (unpaired) electrons. The average Bonchev–Trinajstić information content (AvgIpc) is 2.63. The number of ether oxygens (including phenoxy) is 1. The van der Waals surface area contributed by atoms with Gasteiger partial charge < -0.3 is 15.0 Å². The van der Waals surface area contributed by atoms with Crippen LogP contribution in [0.25, 0.3) is 0 Å². The first-order chi connectivity index (χ1) is 14.0. The van der Waals surface area contributed by atoms with Crippen LogP contribution < -0.4 is 10.1 Å². The molecule has 0 fully saturated rings. The molecule has 0 spiro atoms. The van der Waals surface area contributed by atoms with Crippen LogP contribution in [0.2, 0.25) is 10.0 Å². The molecule has 0 saturated carbocycles. The number of halogens is 3. The lowest BCUT2D eigenvalue weighted by Crippen LogP contribution is -2.53. The van der Waals surface area contributed by atoms with Crippen molar-refractivity contribution in [3.05, 3.63) is 62.5 Å². The summed E-state index contributed by atoms with van der Waals surface area (Å²) >= 11 is 15.5. The molecule has 30 heavy (non-hydrogen) atoms. The lowest BCUT2D eigenvalue weighted by atomic mass is 10.1. The number of nitrogens with zero attached hydrogens (tertiary/aromatic N) is 1. The maximum absolute atomic E-state index is 13.0. The quantitative estimate of drug-likeness (QED) is 0.532. The fourth-order valence-electron chi connectivity index (χ4n) is 2.70. The molecular weight excluding hydrogens is 491 g/mol. The summed E-state index contributed by atoms with van der Waals surface area (Å²) in [5.74, 6) is -0.225. The highest BCUT2D eigenvalue weighted by molar-refractivity contribution is 9.10. The average molecular weight is 516 g/mol. The predicted molar refractivity (Wildman–Crippen MR) is 124 cm³/mol. The molecule has 0 bridgehead atoms. The summed E-state index contributed by atoms with van der Waals surface area (Å²) in [5, 5.41) is 3.71. The van der Waals surface area contributed by atoms with Crippen molar-refractivity contribution in [1.82, 2.24) is 10.2 Å². The minimum atomic E-state index is -0.694. The van der Waals surface area contributed by atoms with Crippen LogP contribution >= 0.6 is 39.1 Å². The van der Waals surface area contributed by atoms with Gasteiger partial charge in [0.25, 0.3) is 5.91 Å². The van der Waals surface area contributed by atoms with Gasteiger partial charge >= 0.3 is 0 Å². The van der Waals surface area contributed by atoms with Crippen LogP contribution in [0.3, 0.4) is 0 Å². The zero-order valence-corrected chi connectivity index (χ0v) is 20.4. The fraction of sp³-hybridized carbons (Fsp3) is 0.364. The second-order valence-electron chi connectivity index (χ2n) is 7.93. The smallest absolute Gasteiger partial charge is 0.261 e. The van der Waals surface area contributed by atoms with E-state index in [9.17, 15) is 9.59 Å². The number of amides is 2. The van der Waals surface area contributed by atoms with Crippen LogP contribution in [0.15, 0.2) is 46.9 Å². The third kappa shape index (κ3) is 7.49. The van der Waals surface area contributed by atoms with E-state index in [1.54, 1.807) is 25.1 Å². The van der Waals surface area contributed by atoms with Gasteiger partial charge in [0.15, 0.2) is 6.61 Å². The molecule has 1 N–H and O–H groups in total. The Kier molecular flexibility index (Phi) is 8.59. The van der Waals surface area contributed by atoms with Crippen molar-refractivity contribution in [3.8, 4) is 5.75 Å². The van der Waals surface area contributed by atoms with Crippen molar-refractivity contribution >= 4 is 50.9 Å². The number of carbonyl (C=O) groups is 2. The molecule has 0 unspecified atom stereocenters. The highest BCUT2D eigenvalue weighted by Crippen LogP contribution is 2.27.